The van der Waals surface area contributed by atoms with E-state index in [1.165, 1.54) is 20.8 Å². The summed E-state index contributed by atoms with van der Waals surface area (Å²) in [6.07, 6.45) is 0. The molecule has 0 saturated carbocycles. The SMILES string of the molecule is CC(=O)NC1C(=O)N(S(=O)(=O)[O-])C1(C)C. The van der Waals surface area contributed by atoms with Gasteiger partial charge in [-0.3, -0.25) is 9.59 Å². The molecule has 8 heteroatoms. The summed E-state index contributed by atoms with van der Waals surface area (Å²) in [4.78, 5) is 22.0. The van der Waals surface area contributed by atoms with Crippen LogP contribution in [0.5, 0.6) is 0 Å². The van der Waals surface area contributed by atoms with Crippen LogP contribution in [0.3, 0.4) is 0 Å². The van der Waals surface area contributed by atoms with Crippen LogP contribution in [0, 0.1) is 0 Å². The number of rotatable bonds is 2. The summed E-state index contributed by atoms with van der Waals surface area (Å²) in [5.41, 5.74) is -1.21. The van der Waals surface area contributed by atoms with Crippen molar-refractivity contribution in [1.29, 1.82) is 0 Å². The van der Waals surface area contributed by atoms with Crippen LogP contribution in [0.25, 0.3) is 0 Å². The molecule has 1 fully saturated rings. The van der Waals surface area contributed by atoms with Crippen LogP contribution in [-0.4, -0.2) is 40.7 Å². The second-order valence-electron chi connectivity index (χ2n) is 3.85. The first-order chi connectivity index (χ1) is 6.58. The first-order valence-electron chi connectivity index (χ1n) is 4.15. The third-order valence-corrected chi connectivity index (χ3v) is 3.35. The molecule has 0 aromatic rings. The number of carbonyl (C=O) groups is 2. The molecule has 1 aliphatic rings. The maximum atomic E-state index is 11.3. The van der Waals surface area contributed by atoms with Crippen molar-refractivity contribution in [2.24, 2.45) is 0 Å². The number of amides is 2. The number of hydrogen-bond acceptors (Lipinski definition) is 5. The Kier molecular flexibility index (Phi) is 2.52. The van der Waals surface area contributed by atoms with Gasteiger partial charge in [-0.1, -0.05) is 0 Å². The van der Waals surface area contributed by atoms with Gasteiger partial charge in [0.1, 0.15) is 6.04 Å². The van der Waals surface area contributed by atoms with Gasteiger partial charge in [-0.25, -0.2) is 12.7 Å². The van der Waals surface area contributed by atoms with E-state index in [1.807, 2.05) is 0 Å². The first-order valence-corrected chi connectivity index (χ1v) is 5.52. The Morgan fingerprint density at radius 3 is 2.27 bits per heavy atom. The number of carbonyl (C=O) groups excluding carboxylic acids is 2. The minimum atomic E-state index is -4.81. The van der Waals surface area contributed by atoms with Gasteiger partial charge in [0.05, 0.1) is 5.54 Å². The molecule has 1 aliphatic heterocycles. The maximum Gasteiger partial charge on any atom is 0.260 e. The summed E-state index contributed by atoms with van der Waals surface area (Å²) in [6, 6.07) is -0.960. The average Bonchev–Trinajstić information content (AvgIpc) is 1.96. The summed E-state index contributed by atoms with van der Waals surface area (Å²) in [5.74, 6) is -1.35. The zero-order valence-electron chi connectivity index (χ0n) is 8.47. The van der Waals surface area contributed by atoms with E-state index >= 15 is 0 Å². The van der Waals surface area contributed by atoms with Gasteiger partial charge < -0.3 is 9.87 Å². The molecule has 7 nitrogen and oxygen atoms in total. The van der Waals surface area contributed by atoms with Crippen LogP contribution in [0.2, 0.25) is 0 Å². The van der Waals surface area contributed by atoms with E-state index in [4.69, 9.17) is 0 Å². The zero-order chi connectivity index (χ0) is 12.0. The molecule has 1 heterocycles. The van der Waals surface area contributed by atoms with Crippen molar-refractivity contribution in [2.75, 3.05) is 0 Å². The first kappa shape index (κ1) is 11.9. The van der Waals surface area contributed by atoms with Gasteiger partial charge in [0, 0.05) is 6.92 Å². The topological polar surface area (TPSA) is 107 Å². The second kappa shape index (κ2) is 3.17. The Bertz CT molecular complexity index is 413. The Morgan fingerprint density at radius 2 is 2.00 bits per heavy atom. The highest BCUT2D eigenvalue weighted by molar-refractivity contribution is 7.84. The van der Waals surface area contributed by atoms with Crippen LogP contribution in [0.4, 0.5) is 0 Å². The fourth-order valence-corrected chi connectivity index (χ4v) is 2.60. The van der Waals surface area contributed by atoms with Gasteiger partial charge in [0.25, 0.3) is 5.91 Å². The van der Waals surface area contributed by atoms with E-state index in [-0.39, 0.29) is 4.31 Å². The third-order valence-electron chi connectivity index (χ3n) is 2.25. The van der Waals surface area contributed by atoms with E-state index in [2.05, 4.69) is 5.32 Å². The fraction of sp³-hybridized carbons (Fsp3) is 0.714. The quantitative estimate of drug-likeness (QED) is 0.466. The van der Waals surface area contributed by atoms with Crippen molar-refractivity contribution < 1.29 is 22.6 Å². The Balaban J connectivity index is 2.96. The number of nitrogens with zero attached hydrogens (tertiary/aromatic N) is 1. The lowest BCUT2D eigenvalue weighted by atomic mass is 9.85. The molecule has 0 aliphatic carbocycles. The van der Waals surface area contributed by atoms with Crippen LogP contribution in [-0.2, 0) is 19.9 Å². The molecule has 0 aromatic heterocycles. The van der Waals surface area contributed by atoms with Crippen molar-refractivity contribution >= 4 is 22.1 Å². The van der Waals surface area contributed by atoms with Crippen molar-refractivity contribution in [2.45, 2.75) is 32.4 Å². The van der Waals surface area contributed by atoms with Crippen LogP contribution in [0.15, 0.2) is 0 Å². The smallest absolute Gasteiger partial charge is 0.260 e. The Morgan fingerprint density at radius 1 is 1.53 bits per heavy atom. The van der Waals surface area contributed by atoms with E-state index in [0.717, 1.165) is 0 Å². The predicted octanol–water partition coefficient (Wildman–Crippen LogP) is -1.43. The monoisotopic (exact) mass is 235 g/mol. The van der Waals surface area contributed by atoms with Crippen molar-refractivity contribution in [1.82, 2.24) is 9.62 Å². The predicted molar refractivity (Wildman–Crippen MR) is 48.2 cm³/mol. The highest BCUT2D eigenvalue weighted by Gasteiger charge is 2.57. The second-order valence-corrected chi connectivity index (χ2v) is 5.07. The molecule has 2 amide bonds. The van der Waals surface area contributed by atoms with Gasteiger partial charge in [-0.05, 0) is 13.8 Å². The molecule has 86 valence electrons. The lowest BCUT2D eigenvalue weighted by Crippen LogP contribution is -2.77. The number of hydrogen-bond donors (Lipinski definition) is 1. The molecule has 0 aromatic carbocycles. The largest absolute Gasteiger partial charge is 0.731 e. The molecule has 1 saturated heterocycles. The van der Waals surface area contributed by atoms with Crippen molar-refractivity contribution in [3.8, 4) is 0 Å². The molecule has 1 unspecified atom stereocenters. The van der Waals surface area contributed by atoms with Crippen molar-refractivity contribution in [3.63, 3.8) is 0 Å². The van der Waals surface area contributed by atoms with Gasteiger partial charge >= 0.3 is 0 Å². The van der Waals surface area contributed by atoms with Gasteiger partial charge in [0.2, 0.25) is 5.91 Å². The van der Waals surface area contributed by atoms with Crippen LogP contribution < -0.4 is 5.32 Å². The Labute approximate surface area is 87.3 Å². The van der Waals surface area contributed by atoms with Gasteiger partial charge in [-0.2, -0.15) is 0 Å². The third kappa shape index (κ3) is 1.82. The molecular weight excluding hydrogens is 224 g/mol. The number of β-lactam (4-membered cyclic amide) rings is 1. The van der Waals surface area contributed by atoms with Gasteiger partial charge in [-0.15, -0.1) is 0 Å². The highest BCUT2D eigenvalue weighted by Crippen LogP contribution is 2.33. The van der Waals surface area contributed by atoms with Gasteiger partial charge in [0.15, 0.2) is 10.3 Å². The maximum absolute atomic E-state index is 11.3. The lowest BCUT2D eigenvalue weighted by molar-refractivity contribution is -0.151. The van der Waals surface area contributed by atoms with Crippen molar-refractivity contribution in [3.05, 3.63) is 0 Å². The normalized spacial score (nSPS) is 24.7. The molecule has 1 atom stereocenters. The summed E-state index contributed by atoms with van der Waals surface area (Å²) in [5, 5.41) is 2.29. The summed E-state index contributed by atoms with van der Waals surface area (Å²) in [7, 11) is -4.81. The summed E-state index contributed by atoms with van der Waals surface area (Å²) >= 11 is 0. The average molecular weight is 235 g/mol. The highest BCUT2D eigenvalue weighted by atomic mass is 32.2. The molecule has 0 spiro atoms. The minimum Gasteiger partial charge on any atom is -0.731 e. The van der Waals surface area contributed by atoms with E-state index in [9.17, 15) is 22.6 Å². The van der Waals surface area contributed by atoms with Crippen LogP contribution >= 0.6 is 0 Å². The standard InChI is InChI=1S/C7H12N2O5S/c1-4(10)8-5-6(11)9(7(5,2)3)15(12,13)14/h5H,1-3H3,(H,8,10)(H,12,13,14)/p-1. The number of nitrogens with one attached hydrogen (secondary N) is 1. The molecule has 0 radical (unpaired) electrons. The van der Waals surface area contributed by atoms with E-state index < -0.39 is 33.7 Å². The van der Waals surface area contributed by atoms with E-state index in [1.54, 1.807) is 0 Å². The molecule has 1 rings (SSSR count). The Hall–Kier alpha value is -1.15. The summed E-state index contributed by atoms with van der Waals surface area (Å²) in [6.45, 7) is 3.99. The summed E-state index contributed by atoms with van der Waals surface area (Å²) < 4.78 is 32.4. The molecule has 0 bridgehead atoms. The molecule has 1 N–H and O–H groups in total. The van der Waals surface area contributed by atoms with E-state index in [0.29, 0.717) is 0 Å². The molecule has 15 heavy (non-hydrogen) atoms. The zero-order valence-corrected chi connectivity index (χ0v) is 9.29. The molecular formula is C7H11N2O5S-. The lowest BCUT2D eigenvalue weighted by Gasteiger charge is -2.53. The minimum absolute atomic E-state index is 0.237. The fourth-order valence-electron chi connectivity index (χ4n) is 1.59. The van der Waals surface area contributed by atoms with Crippen LogP contribution in [0.1, 0.15) is 20.8 Å².